The van der Waals surface area contributed by atoms with Crippen LogP contribution in [0, 0.1) is 10.1 Å². The second kappa shape index (κ2) is 5.80. The van der Waals surface area contributed by atoms with Gasteiger partial charge in [0.1, 0.15) is 0 Å². The lowest BCUT2D eigenvalue weighted by Crippen LogP contribution is -1.99. The summed E-state index contributed by atoms with van der Waals surface area (Å²) in [5.41, 5.74) is 2.97. The van der Waals surface area contributed by atoms with Crippen LogP contribution in [0.25, 0.3) is 5.69 Å². The van der Waals surface area contributed by atoms with Gasteiger partial charge in [-0.25, -0.2) is 0 Å². The molecule has 0 aliphatic carbocycles. The van der Waals surface area contributed by atoms with Crippen molar-refractivity contribution >= 4 is 22.0 Å². The molecule has 0 saturated heterocycles. The molecule has 0 atom stereocenters. The average Bonchev–Trinajstić information content (AvgIpc) is 3.17. The van der Waals surface area contributed by atoms with Gasteiger partial charge in [-0.1, -0.05) is 17.4 Å². The molecule has 106 valence electrons. The molecule has 0 saturated carbocycles. The highest BCUT2D eigenvalue weighted by molar-refractivity contribution is 7.13. The first kappa shape index (κ1) is 13.4. The van der Waals surface area contributed by atoms with Gasteiger partial charge in [-0.05, 0) is 35.9 Å². The molecule has 1 aromatic carbocycles. The molecule has 0 amide bonds. The maximum Gasteiger partial charge on any atom is 0.324 e. The van der Waals surface area contributed by atoms with Gasteiger partial charge in [0.15, 0.2) is 0 Å². The molecule has 1 N–H and O–H groups in total. The molecule has 0 unspecified atom stereocenters. The Morgan fingerprint density at radius 3 is 2.71 bits per heavy atom. The molecule has 0 radical (unpaired) electrons. The number of hydrogen-bond acceptors (Lipinski definition) is 4. The maximum atomic E-state index is 10.7. The number of thiophene rings is 1. The van der Waals surface area contributed by atoms with Crippen molar-refractivity contribution in [2.24, 2.45) is 0 Å². The Bertz CT molecular complexity index is 750. The van der Waals surface area contributed by atoms with E-state index in [9.17, 15) is 10.1 Å². The van der Waals surface area contributed by atoms with Crippen LogP contribution in [0.3, 0.4) is 0 Å². The first-order valence-corrected chi connectivity index (χ1v) is 7.29. The lowest BCUT2D eigenvalue weighted by molar-refractivity contribution is -0.380. The van der Waals surface area contributed by atoms with Crippen molar-refractivity contribution in [1.29, 1.82) is 0 Å². The Hall–Kier alpha value is -2.60. The van der Waals surface area contributed by atoms with Gasteiger partial charge in [0.2, 0.25) is 0 Å². The smallest absolute Gasteiger partial charge is 0.324 e. The third kappa shape index (κ3) is 3.11. The Labute approximate surface area is 125 Å². The van der Waals surface area contributed by atoms with Gasteiger partial charge in [0.05, 0.1) is 4.92 Å². The minimum absolute atomic E-state index is 0.174. The van der Waals surface area contributed by atoms with Crippen LogP contribution >= 0.6 is 11.3 Å². The third-order valence-electron chi connectivity index (χ3n) is 3.07. The highest BCUT2D eigenvalue weighted by Gasteiger charge is 2.09. The van der Waals surface area contributed by atoms with Crippen molar-refractivity contribution in [2.75, 3.05) is 5.32 Å². The normalized spacial score (nSPS) is 10.5. The summed E-state index contributed by atoms with van der Waals surface area (Å²) in [5.74, 6) is 0. The van der Waals surface area contributed by atoms with E-state index in [-0.39, 0.29) is 9.92 Å². The van der Waals surface area contributed by atoms with Crippen LogP contribution in [0.4, 0.5) is 10.7 Å². The molecule has 0 aliphatic rings. The number of nitrogens with one attached hydrogen (secondary N) is 1. The van der Waals surface area contributed by atoms with E-state index in [0.29, 0.717) is 6.54 Å². The van der Waals surface area contributed by atoms with Crippen LogP contribution in [-0.4, -0.2) is 9.49 Å². The molecule has 0 aliphatic heterocycles. The average molecular weight is 299 g/mol. The second-order valence-electron chi connectivity index (χ2n) is 4.54. The summed E-state index contributed by atoms with van der Waals surface area (Å²) in [6, 6.07) is 13.6. The molecule has 2 heterocycles. The summed E-state index contributed by atoms with van der Waals surface area (Å²) in [4.78, 5) is 10.3. The second-order valence-corrected chi connectivity index (χ2v) is 5.43. The monoisotopic (exact) mass is 299 g/mol. The molecule has 6 heteroatoms. The summed E-state index contributed by atoms with van der Waals surface area (Å²) >= 11 is 1.15. The van der Waals surface area contributed by atoms with Crippen molar-refractivity contribution in [1.82, 2.24) is 4.57 Å². The summed E-state index contributed by atoms with van der Waals surface area (Å²) < 4.78 is 2.03. The van der Waals surface area contributed by atoms with Crippen LogP contribution in [-0.2, 0) is 6.54 Å². The summed E-state index contributed by atoms with van der Waals surface area (Å²) in [6.45, 7) is 0.569. The number of hydrogen-bond donors (Lipinski definition) is 1. The van der Waals surface area contributed by atoms with Crippen molar-refractivity contribution < 1.29 is 4.92 Å². The fourth-order valence-electron chi connectivity index (χ4n) is 2.04. The zero-order chi connectivity index (χ0) is 14.7. The zero-order valence-corrected chi connectivity index (χ0v) is 11.9. The fourth-order valence-corrected chi connectivity index (χ4v) is 2.77. The van der Waals surface area contributed by atoms with Gasteiger partial charge < -0.3 is 9.88 Å². The highest BCUT2D eigenvalue weighted by atomic mass is 32.1. The molecule has 21 heavy (non-hydrogen) atoms. The van der Waals surface area contributed by atoms with Crippen LogP contribution in [0.15, 0.2) is 60.2 Å². The van der Waals surface area contributed by atoms with Crippen LogP contribution in [0.1, 0.15) is 5.56 Å². The van der Waals surface area contributed by atoms with E-state index >= 15 is 0 Å². The number of rotatable bonds is 5. The molecular weight excluding hydrogens is 286 g/mol. The predicted molar refractivity (Wildman–Crippen MR) is 84.1 cm³/mol. The van der Waals surface area contributed by atoms with E-state index in [1.807, 2.05) is 53.4 Å². The topological polar surface area (TPSA) is 60.1 Å². The number of nitrogens with zero attached hydrogens (tertiary/aromatic N) is 2. The molecule has 0 spiro atoms. The zero-order valence-electron chi connectivity index (χ0n) is 11.1. The number of benzene rings is 1. The van der Waals surface area contributed by atoms with Crippen LogP contribution in [0.2, 0.25) is 0 Å². The number of anilines is 1. The van der Waals surface area contributed by atoms with Crippen LogP contribution in [0.5, 0.6) is 0 Å². The molecule has 0 fully saturated rings. The molecule has 5 nitrogen and oxygen atoms in total. The van der Waals surface area contributed by atoms with Gasteiger partial charge in [-0.15, -0.1) is 0 Å². The molecule has 2 aromatic heterocycles. The van der Waals surface area contributed by atoms with E-state index in [0.717, 1.165) is 28.3 Å². The van der Waals surface area contributed by atoms with Crippen LogP contribution < -0.4 is 5.32 Å². The highest BCUT2D eigenvalue weighted by Crippen LogP contribution is 2.23. The minimum atomic E-state index is -0.360. The van der Waals surface area contributed by atoms with Crippen molar-refractivity contribution in [3.63, 3.8) is 0 Å². The van der Waals surface area contributed by atoms with Gasteiger partial charge in [-0.2, -0.15) is 0 Å². The quantitative estimate of drug-likeness (QED) is 0.571. The Morgan fingerprint density at radius 1 is 1.19 bits per heavy atom. The standard InChI is InChI=1S/C15H13N3O2S/c19-18(20)15-8-12(11-21-15)10-16-13-4-3-5-14(9-13)17-6-1-2-7-17/h1-9,11,16H,10H2. The van der Waals surface area contributed by atoms with Crippen molar-refractivity contribution in [2.45, 2.75) is 6.54 Å². The molecule has 3 rings (SSSR count). The van der Waals surface area contributed by atoms with Gasteiger partial charge >= 0.3 is 5.00 Å². The largest absolute Gasteiger partial charge is 0.381 e. The van der Waals surface area contributed by atoms with Gasteiger partial charge in [0.25, 0.3) is 0 Å². The first-order chi connectivity index (χ1) is 10.2. The summed E-state index contributed by atoms with van der Waals surface area (Å²) in [7, 11) is 0. The fraction of sp³-hybridized carbons (Fsp3) is 0.0667. The van der Waals surface area contributed by atoms with Gasteiger partial charge in [0, 0.05) is 41.8 Å². The predicted octanol–water partition coefficient (Wildman–Crippen LogP) is 4.06. The van der Waals surface area contributed by atoms with Gasteiger partial charge in [-0.3, -0.25) is 10.1 Å². The lowest BCUT2D eigenvalue weighted by Gasteiger charge is -2.08. The maximum absolute atomic E-state index is 10.7. The minimum Gasteiger partial charge on any atom is -0.381 e. The Morgan fingerprint density at radius 2 is 2.00 bits per heavy atom. The summed E-state index contributed by atoms with van der Waals surface area (Å²) in [6.07, 6.45) is 3.97. The number of nitro groups is 1. The first-order valence-electron chi connectivity index (χ1n) is 6.41. The van der Waals surface area contributed by atoms with E-state index < -0.39 is 0 Å². The Balaban J connectivity index is 1.70. The summed E-state index contributed by atoms with van der Waals surface area (Å²) in [5, 5.41) is 15.9. The number of aromatic nitrogens is 1. The molecular formula is C15H13N3O2S. The third-order valence-corrected chi connectivity index (χ3v) is 3.99. The van der Waals surface area contributed by atoms with Crippen molar-refractivity contribution in [3.8, 4) is 5.69 Å². The Kier molecular flexibility index (Phi) is 3.70. The molecule has 3 aromatic rings. The molecule has 0 bridgehead atoms. The van der Waals surface area contributed by atoms with E-state index in [2.05, 4.69) is 5.32 Å². The SMILES string of the molecule is O=[N+]([O-])c1cc(CNc2cccc(-n3cccc3)c2)cs1. The van der Waals surface area contributed by atoms with E-state index in [1.165, 1.54) is 0 Å². The van der Waals surface area contributed by atoms with E-state index in [1.54, 1.807) is 11.4 Å². The van der Waals surface area contributed by atoms with E-state index in [4.69, 9.17) is 0 Å². The van der Waals surface area contributed by atoms with Crippen molar-refractivity contribution in [3.05, 3.63) is 75.9 Å². The lowest BCUT2D eigenvalue weighted by atomic mass is 10.2.